The zero-order valence-electron chi connectivity index (χ0n) is 11.9. The maximum absolute atomic E-state index is 3.66. The zero-order valence-corrected chi connectivity index (χ0v) is 13.5. The highest BCUT2D eigenvalue weighted by atomic mass is 79.9. The number of halogens is 1. The van der Waals surface area contributed by atoms with E-state index in [1.54, 1.807) is 0 Å². The molecular weight excluding hydrogens is 312 g/mol. The van der Waals surface area contributed by atoms with Crippen LogP contribution in [0.25, 0.3) is 10.8 Å². The third-order valence-corrected chi connectivity index (χ3v) is 4.77. The lowest BCUT2D eigenvalue weighted by Gasteiger charge is -2.36. The van der Waals surface area contributed by atoms with Gasteiger partial charge in [0, 0.05) is 41.2 Å². The second kappa shape index (κ2) is 6.15. The molecule has 1 heterocycles. The Bertz CT molecular complexity index is 595. The molecule has 1 N–H and O–H groups in total. The Kier molecular flexibility index (Phi) is 4.27. The number of rotatable bonds is 3. The average molecular weight is 333 g/mol. The Morgan fingerprint density at radius 1 is 1.20 bits per heavy atom. The number of nitrogens with zero attached hydrogens (tertiary/aromatic N) is 1. The molecule has 2 aromatic carbocycles. The van der Waals surface area contributed by atoms with E-state index in [0.29, 0.717) is 6.04 Å². The SMILES string of the molecule is CCCC1CN(c2ccc(Br)c3ccccc23)CCN1. The van der Waals surface area contributed by atoms with Gasteiger partial charge in [-0.2, -0.15) is 0 Å². The van der Waals surface area contributed by atoms with Gasteiger partial charge in [0.15, 0.2) is 0 Å². The molecule has 1 atom stereocenters. The molecule has 0 radical (unpaired) electrons. The lowest BCUT2D eigenvalue weighted by Crippen LogP contribution is -2.50. The van der Waals surface area contributed by atoms with Crippen LogP contribution in [0.15, 0.2) is 40.9 Å². The maximum atomic E-state index is 3.66. The molecule has 1 aliphatic heterocycles. The van der Waals surface area contributed by atoms with Gasteiger partial charge in [-0.15, -0.1) is 0 Å². The summed E-state index contributed by atoms with van der Waals surface area (Å²) >= 11 is 3.66. The molecule has 0 amide bonds. The summed E-state index contributed by atoms with van der Waals surface area (Å²) in [6.45, 7) is 5.54. The van der Waals surface area contributed by atoms with Gasteiger partial charge in [-0.25, -0.2) is 0 Å². The highest BCUT2D eigenvalue weighted by Gasteiger charge is 2.20. The van der Waals surface area contributed by atoms with Crippen LogP contribution in [0, 0.1) is 0 Å². The number of fused-ring (bicyclic) bond motifs is 1. The van der Waals surface area contributed by atoms with Gasteiger partial charge in [0.2, 0.25) is 0 Å². The first-order valence-corrected chi connectivity index (χ1v) is 8.24. The van der Waals surface area contributed by atoms with Crippen LogP contribution in [0.3, 0.4) is 0 Å². The Labute approximate surface area is 129 Å². The number of benzene rings is 2. The van der Waals surface area contributed by atoms with Gasteiger partial charge in [-0.3, -0.25) is 0 Å². The highest BCUT2D eigenvalue weighted by Crippen LogP contribution is 2.32. The first-order valence-electron chi connectivity index (χ1n) is 7.45. The van der Waals surface area contributed by atoms with Crippen molar-refractivity contribution in [3.8, 4) is 0 Å². The molecule has 20 heavy (non-hydrogen) atoms. The number of anilines is 1. The van der Waals surface area contributed by atoms with E-state index in [2.05, 4.69) is 69.5 Å². The van der Waals surface area contributed by atoms with E-state index in [1.807, 2.05) is 0 Å². The summed E-state index contributed by atoms with van der Waals surface area (Å²) in [5, 5.41) is 6.28. The summed E-state index contributed by atoms with van der Waals surface area (Å²) in [5.74, 6) is 0. The smallest absolute Gasteiger partial charge is 0.0447 e. The van der Waals surface area contributed by atoms with E-state index >= 15 is 0 Å². The molecule has 0 bridgehead atoms. The minimum Gasteiger partial charge on any atom is -0.368 e. The van der Waals surface area contributed by atoms with Crippen LogP contribution < -0.4 is 10.2 Å². The van der Waals surface area contributed by atoms with Gasteiger partial charge in [0.1, 0.15) is 0 Å². The minimum absolute atomic E-state index is 0.621. The van der Waals surface area contributed by atoms with Crippen molar-refractivity contribution in [3.05, 3.63) is 40.9 Å². The second-order valence-corrected chi connectivity index (χ2v) is 6.35. The highest BCUT2D eigenvalue weighted by molar-refractivity contribution is 9.10. The largest absolute Gasteiger partial charge is 0.368 e. The monoisotopic (exact) mass is 332 g/mol. The molecule has 3 rings (SSSR count). The average Bonchev–Trinajstić information content (AvgIpc) is 2.49. The normalized spacial score (nSPS) is 19.5. The van der Waals surface area contributed by atoms with Crippen molar-refractivity contribution in [2.75, 3.05) is 24.5 Å². The van der Waals surface area contributed by atoms with Crippen LogP contribution in [0.4, 0.5) is 5.69 Å². The fourth-order valence-electron chi connectivity index (χ4n) is 3.11. The maximum Gasteiger partial charge on any atom is 0.0447 e. The Morgan fingerprint density at radius 2 is 2.00 bits per heavy atom. The van der Waals surface area contributed by atoms with Crippen LogP contribution in [-0.2, 0) is 0 Å². The number of hydrogen-bond acceptors (Lipinski definition) is 2. The van der Waals surface area contributed by atoms with Crippen molar-refractivity contribution >= 4 is 32.4 Å². The van der Waals surface area contributed by atoms with E-state index in [1.165, 1.54) is 33.8 Å². The van der Waals surface area contributed by atoms with E-state index in [9.17, 15) is 0 Å². The van der Waals surface area contributed by atoms with Crippen molar-refractivity contribution in [2.45, 2.75) is 25.8 Å². The van der Waals surface area contributed by atoms with Crippen LogP contribution in [0.2, 0.25) is 0 Å². The molecule has 0 spiro atoms. The first kappa shape index (κ1) is 13.9. The molecule has 0 saturated carbocycles. The van der Waals surface area contributed by atoms with Crippen molar-refractivity contribution in [1.29, 1.82) is 0 Å². The Morgan fingerprint density at radius 3 is 2.80 bits per heavy atom. The van der Waals surface area contributed by atoms with E-state index in [0.717, 1.165) is 19.6 Å². The summed E-state index contributed by atoms with van der Waals surface area (Å²) in [6.07, 6.45) is 2.50. The number of piperazine rings is 1. The van der Waals surface area contributed by atoms with Crippen LogP contribution in [0.1, 0.15) is 19.8 Å². The molecule has 0 aromatic heterocycles. The minimum atomic E-state index is 0.621. The predicted octanol–water partition coefficient (Wildman–Crippen LogP) is 4.18. The predicted molar refractivity (Wildman–Crippen MR) is 90.6 cm³/mol. The lowest BCUT2D eigenvalue weighted by atomic mass is 10.0. The van der Waals surface area contributed by atoms with Crippen LogP contribution in [-0.4, -0.2) is 25.7 Å². The summed E-state index contributed by atoms with van der Waals surface area (Å²) < 4.78 is 1.18. The van der Waals surface area contributed by atoms with Gasteiger partial charge in [0.25, 0.3) is 0 Å². The van der Waals surface area contributed by atoms with Crippen molar-refractivity contribution in [1.82, 2.24) is 5.32 Å². The van der Waals surface area contributed by atoms with Crippen LogP contribution in [0.5, 0.6) is 0 Å². The van der Waals surface area contributed by atoms with E-state index < -0.39 is 0 Å². The quantitative estimate of drug-likeness (QED) is 0.906. The van der Waals surface area contributed by atoms with E-state index in [4.69, 9.17) is 0 Å². The van der Waals surface area contributed by atoms with Gasteiger partial charge < -0.3 is 10.2 Å². The Hall–Kier alpha value is -1.06. The number of nitrogens with one attached hydrogen (secondary N) is 1. The van der Waals surface area contributed by atoms with Crippen LogP contribution >= 0.6 is 15.9 Å². The molecule has 106 valence electrons. The van der Waals surface area contributed by atoms with Crippen molar-refractivity contribution in [3.63, 3.8) is 0 Å². The number of hydrogen-bond donors (Lipinski definition) is 1. The molecule has 2 nitrogen and oxygen atoms in total. The van der Waals surface area contributed by atoms with Gasteiger partial charge in [-0.05, 0) is 23.9 Å². The summed E-state index contributed by atoms with van der Waals surface area (Å²) in [7, 11) is 0. The summed E-state index contributed by atoms with van der Waals surface area (Å²) in [6, 6.07) is 13.7. The fourth-order valence-corrected chi connectivity index (χ4v) is 3.59. The van der Waals surface area contributed by atoms with E-state index in [-0.39, 0.29) is 0 Å². The molecule has 1 unspecified atom stereocenters. The third kappa shape index (κ3) is 2.70. The van der Waals surface area contributed by atoms with Crippen molar-refractivity contribution < 1.29 is 0 Å². The summed E-state index contributed by atoms with van der Waals surface area (Å²) in [5.41, 5.74) is 1.37. The summed E-state index contributed by atoms with van der Waals surface area (Å²) in [4.78, 5) is 2.53. The van der Waals surface area contributed by atoms with Gasteiger partial charge >= 0.3 is 0 Å². The molecule has 2 aromatic rings. The standard InChI is InChI=1S/C17H21BrN2/c1-2-5-13-12-20(11-10-19-13)17-9-8-16(18)14-6-3-4-7-15(14)17/h3-4,6-9,13,19H,2,5,10-12H2,1H3. The molecule has 3 heteroatoms. The zero-order chi connectivity index (χ0) is 13.9. The molecule has 1 aliphatic rings. The lowest BCUT2D eigenvalue weighted by molar-refractivity contribution is 0.431. The molecule has 1 fully saturated rings. The molecular formula is C17H21BrN2. The molecule has 1 saturated heterocycles. The third-order valence-electron chi connectivity index (χ3n) is 4.08. The molecule has 0 aliphatic carbocycles. The Balaban J connectivity index is 1.95. The van der Waals surface area contributed by atoms with Gasteiger partial charge in [0.05, 0.1) is 0 Å². The second-order valence-electron chi connectivity index (χ2n) is 5.50. The van der Waals surface area contributed by atoms with Crippen molar-refractivity contribution in [2.24, 2.45) is 0 Å². The van der Waals surface area contributed by atoms with Gasteiger partial charge in [-0.1, -0.05) is 53.5 Å². The first-order chi connectivity index (χ1) is 9.79. The fraction of sp³-hybridized carbons (Fsp3) is 0.412. The topological polar surface area (TPSA) is 15.3 Å².